The molecule has 0 unspecified atom stereocenters. The summed E-state index contributed by atoms with van der Waals surface area (Å²) in [7, 11) is 0. The number of ether oxygens (including phenoxy) is 3. The van der Waals surface area contributed by atoms with E-state index in [-0.39, 0.29) is 31.1 Å². The van der Waals surface area contributed by atoms with Crippen LogP contribution in [0.1, 0.15) is 291 Å². The molecule has 0 saturated heterocycles. The number of hydrogen-bond acceptors (Lipinski definition) is 6. The number of esters is 3. The Morgan fingerprint density at radius 1 is 0.328 bits per heavy atom. The maximum Gasteiger partial charge on any atom is 0.306 e. The van der Waals surface area contributed by atoms with Crippen LogP contribution < -0.4 is 0 Å². The fraction of sp³-hybridized carbons (Fsp3) is 0.942. The third kappa shape index (κ3) is 45.5. The molecule has 0 aliphatic rings. The van der Waals surface area contributed by atoms with Crippen LogP contribution >= 0.6 is 0 Å². The van der Waals surface area contributed by atoms with Crippen LogP contribution in [0.2, 0.25) is 0 Å². The van der Waals surface area contributed by atoms with Crippen molar-refractivity contribution in [3.8, 4) is 0 Å². The molecule has 0 aromatic heterocycles. The van der Waals surface area contributed by atoms with E-state index in [1.807, 2.05) is 0 Å². The number of rotatable bonds is 47. The number of unbranched alkanes of at least 4 members (excludes halogenated alkanes) is 34. The SMILES string of the molecule is CCCCCCCCCCCCCCCCCCCCCC(=O)OC[C@@H](COC(=O)CCCCCCC)OC(=O)CCCCCCCCCCCCCCCC(C)C. The van der Waals surface area contributed by atoms with Gasteiger partial charge in [0.15, 0.2) is 6.10 Å². The molecule has 0 amide bonds. The van der Waals surface area contributed by atoms with E-state index < -0.39 is 6.10 Å². The van der Waals surface area contributed by atoms with E-state index in [4.69, 9.17) is 14.2 Å². The van der Waals surface area contributed by atoms with Crippen LogP contribution in [0.25, 0.3) is 0 Å². The van der Waals surface area contributed by atoms with Crippen molar-refractivity contribution in [3.63, 3.8) is 0 Å². The first-order chi connectivity index (χ1) is 28.4. The van der Waals surface area contributed by atoms with E-state index in [2.05, 4.69) is 27.7 Å². The second-order valence-electron chi connectivity index (χ2n) is 18.3. The standard InChI is InChI=1S/C52H100O6/c1-5-7-9-11-12-13-14-15-16-17-18-19-20-23-26-29-32-36-40-44-51(54)57-47-49(46-56-50(53)43-39-34-10-8-6-2)58-52(55)45-41-37-33-30-27-24-21-22-25-28-31-35-38-42-48(3)4/h48-49H,5-47H2,1-4H3/t49-/m1/s1. The second kappa shape index (κ2) is 46.5. The normalized spacial score (nSPS) is 11.9. The lowest BCUT2D eigenvalue weighted by molar-refractivity contribution is -0.167. The lowest BCUT2D eigenvalue weighted by atomic mass is 10.0. The molecular weight excluding hydrogens is 721 g/mol. The molecule has 0 aliphatic heterocycles. The summed E-state index contributed by atoms with van der Waals surface area (Å²) in [6, 6.07) is 0. The first-order valence-corrected chi connectivity index (χ1v) is 25.9. The van der Waals surface area contributed by atoms with Gasteiger partial charge in [0, 0.05) is 19.3 Å². The van der Waals surface area contributed by atoms with Gasteiger partial charge in [0.05, 0.1) is 0 Å². The number of hydrogen-bond donors (Lipinski definition) is 0. The van der Waals surface area contributed by atoms with E-state index in [0.29, 0.717) is 19.3 Å². The van der Waals surface area contributed by atoms with Gasteiger partial charge in [0.1, 0.15) is 13.2 Å². The summed E-state index contributed by atoms with van der Waals surface area (Å²) in [5.41, 5.74) is 0. The Balaban J connectivity index is 4.09. The van der Waals surface area contributed by atoms with Crippen LogP contribution in [-0.4, -0.2) is 37.2 Å². The van der Waals surface area contributed by atoms with Gasteiger partial charge in [-0.2, -0.15) is 0 Å². The Hall–Kier alpha value is -1.59. The van der Waals surface area contributed by atoms with Gasteiger partial charge in [0.25, 0.3) is 0 Å². The van der Waals surface area contributed by atoms with Crippen molar-refractivity contribution in [1.29, 1.82) is 0 Å². The Labute approximate surface area is 361 Å². The van der Waals surface area contributed by atoms with Gasteiger partial charge in [0.2, 0.25) is 0 Å². The molecule has 344 valence electrons. The molecule has 0 aliphatic carbocycles. The summed E-state index contributed by atoms with van der Waals surface area (Å²) in [4.78, 5) is 37.6. The van der Waals surface area contributed by atoms with Crippen molar-refractivity contribution in [2.75, 3.05) is 13.2 Å². The largest absolute Gasteiger partial charge is 0.462 e. The maximum absolute atomic E-state index is 12.7. The fourth-order valence-corrected chi connectivity index (χ4v) is 7.86. The highest BCUT2D eigenvalue weighted by Gasteiger charge is 2.19. The van der Waals surface area contributed by atoms with E-state index in [0.717, 1.165) is 70.1 Å². The minimum Gasteiger partial charge on any atom is -0.462 e. The topological polar surface area (TPSA) is 78.9 Å². The molecule has 1 atom stereocenters. The fourth-order valence-electron chi connectivity index (χ4n) is 7.86. The predicted molar refractivity (Wildman–Crippen MR) is 247 cm³/mol. The summed E-state index contributed by atoms with van der Waals surface area (Å²) < 4.78 is 16.7. The molecule has 0 N–H and O–H groups in total. The average molecular weight is 821 g/mol. The first kappa shape index (κ1) is 56.4. The van der Waals surface area contributed by atoms with Crippen molar-refractivity contribution in [2.24, 2.45) is 5.92 Å². The van der Waals surface area contributed by atoms with Crippen molar-refractivity contribution in [2.45, 2.75) is 297 Å². The average Bonchev–Trinajstić information content (AvgIpc) is 3.21. The monoisotopic (exact) mass is 821 g/mol. The lowest BCUT2D eigenvalue weighted by Crippen LogP contribution is -2.30. The molecule has 6 nitrogen and oxygen atoms in total. The summed E-state index contributed by atoms with van der Waals surface area (Å²) in [6.45, 7) is 8.96. The zero-order valence-corrected chi connectivity index (χ0v) is 39.5. The Kier molecular flexibility index (Phi) is 45.2. The van der Waals surface area contributed by atoms with Crippen molar-refractivity contribution in [1.82, 2.24) is 0 Å². The van der Waals surface area contributed by atoms with Crippen LogP contribution in [-0.2, 0) is 28.6 Å². The highest BCUT2D eigenvalue weighted by atomic mass is 16.6. The molecule has 58 heavy (non-hydrogen) atoms. The summed E-state index contributed by atoms with van der Waals surface area (Å²) in [5, 5.41) is 0. The molecule has 0 heterocycles. The quantitative estimate of drug-likeness (QED) is 0.0346. The highest BCUT2D eigenvalue weighted by molar-refractivity contribution is 5.71. The van der Waals surface area contributed by atoms with Gasteiger partial charge in [-0.15, -0.1) is 0 Å². The summed E-state index contributed by atoms with van der Waals surface area (Å²) >= 11 is 0. The molecule has 0 rings (SSSR count). The van der Waals surface area contributed by atoms with Gasteiger partial charge < -0.3 is 14.2 Å². The second-order valence-corrected chi connectivity index (χ2v) is 18.3. The molecular formula is C52H100O6. The van der Waals surface area contributed by atoms with Crippen LogP contribution in [0.4, 0.5) is 0 Å². The van der Waals surface area contributed by atoms with E-state index in [9.17, 15) is 14.4 Å². The molecule has 0 aromatic rings. The highest BCUT2D eigenvalue weighted by Crippen LogP contribution is 2.17. The number of carbonyl (C=O) groups excluding carboxylic acids is 3. The molecule has 0 saturated carbocycles. The lowest BCUT2D eigenvalue weighted by Gasteiger charge is -2.18. The third-order valence-corrected chi connectivity index (χ3v) is 11.8. The Bertz CT molecular complexity index is 872. The van der Waals surface area contributed by atoms with E-state index >= 15 is 0 Å². The zero-order valence-electron chi connectivity index (χ0n) is 39.5. The van der Waals surface area contributed by atoms with Crippen LogP contribution in [0.15, 0.2) is 0 Å². The van der Waals surface area contributed by atoms with Crippen molar-refractivity contribution >= 4 is 17.9 Å². The van der Waals surface area contributed by atoms with E-state index in [1.165, 1.54) is 180 Å². The van der Waals surface area contributed by atoms with Gasteiger partial charge in [-0.3, -0.25) is 14.4 Å². The molecule has 0 radical (unpaired) electrons. The van der Waals surface area contributed by atoms with Crippen LogP contribution in [0.5, 0.6) is 0 Å². The van der Waals surface area contributed by atoms with Crippen LogP contribution in [0, 0.1) is 5.92 Å². The smallest absolute Gasteiger partial charge is 0.306 e. The minimum atomic E-state index is -0.759. The molecule has 0 aromatic carbocycles. The number of carbonyl (C=O) groups is 3. The first-order valence-electron chi connectivity index (χ1n) is 25.9. The predicted octanol–water partition coefficient (Wildman–Crippen LogP) is 16.7. The van der Waals surface area contributed by atoms with Crippen molar-refractivity contribution < 1.29 is 28.6 Å². The van der Waals surface area contributed by atoms with Gasteiger partial charge in [-0.05, 0) is 25.2 Å². The Morgan fingerprint density at radius 3 is 0.845 bits per heavy atom. The summed E-state index contributed by atoms with van der Waals surface area (Å²) in [5.74, 6) is -0.0215. The third-order valence-electron chi connectivity index (χ3n) is 11.8. The zero-order chi connectivity index (χ0) is 42.4. The van der Waals surface area contributed by atoms with Gasteiger partial charge in [-0.1, -0.05) is 252 Å². The summed E-state index contributed by atoms with van der Waals surface area (Å²) in [6.07, 6.45) is 48.4. The van der Waals surface area contributed by atoms with Gasteiger partial charge in [-0.25, -0.2) is 0 Å². The molecule has 0 spiro atoms. The van der Waals surface area contributed by atoms with E-state index in [1.54, 1.807) is 0 Å². The van der Waals surface area contributed by atoms with Gasteiger partial charge >= 0.3 is 17.9 Å². The Morgan fingerprint density at radius 2 is 0.569 bits per heavy atom. The van der Waals surface area contributed by atoms with Crippen LogP contribution in [0.3, 0.4) is 0 Å². The molecule has 0 fully saturated rings. The van der Waals surface area contributed by atoms with Crippen molar-refractivity contribution in [3.05, 3.63) is 0 Å². The maximum atomic E-state index is 12.7. The molecule has 6 heteroatoms. The molecule has 0 bridgehead atoms. The minimum absolute atomic E-state index is 0.0639.